The molecule has 3 aromatic rings. The number of aromatic amines is 1. The van der Waals surface area contributed by atoms with Crippen molar-refractivity contribution >= 4 is 24.4 Å². The van der Waals surface area contributed by atoms with Crippen LogP contribution in [0.4, 0.5) is 0 Å². The Bertz CT molecular complexity index is 929. The summed E-state index contributed by atoms with van der Waals surface area (Å²) in [5.74, 6) is -0.719. The molecule has 2 aromatic carbocycles. The van der Waals surface area contributed by atoms with Crippen LogP contribution in [0, 0.1) is 4.77 Å². The van der Waals surface area contributed by atoms with Crippen LogP contribution in [0.5, 0.6) is 0 Å². The van der Waals surface area contributed by atoms with Crippen LogP contribution in [-0.2, 0) is 0 Å². The molecule has 0 unspecified atom stereocenters. The molecule has 0 spiro atoms. The van der Waals surface area contributed by atoms with Crippen molar-refractivity contribution in [1.82, 2.24) is 14.9 Å². The maximum Gasteiger partial charge on any atom is 0.216 e. The minimum atomic E-state index is -1.26. The second-order valence-electron chi connectivity index (χ2n) is 4.65. The second kappa shape index (κ2) is 6.37. The van der Waals surface area contributed by atoms with Crippen LogP contribution < -0.4 is 5.11 Å². The van der Waals surface area contributed by atoms with Gasteiger partial charge in [0.1, 0.15) is 0 Å². The molecule has 0 amide bonds. The molecule has 1 N–H and O–H groups in total. The zero-order valence-electron chi connectivity index (χ0n) is 11.8. The second-order valence-corrected chi connectivity index (χ2v) is 5.04. The molecule has 0 saturated carbocycles. The molecule has 0 radical (unpaired) electrons. The van der Waals surface area contributed by atoms with E-state index < -0.39 is 5.97 Å². The standard InChI is InChI=1S/C16H12N4O2S/c21-15(22)13-9-5-4-8-12(13)10-17-20-14(18-19-16(20)23)11-6-2-1-3-7-11/h1-10H,(H,19,23)(H,21,22)/p-1. The van der Waals surface area contributed by atoms with Gasteiger partial charge in [0.15, 0.2) is 5.82 Å². The smallest absolute Gasteiger partial charge is 0.216 e. The Hall–Kier alpha value is -3.06. The van der Waals surface area contributed by atoms with Gasteiger partial charge >= 0.3 is 0 Å². The summed E-state index contributed by atoms with van der Waals surface area (Å²) in [6.07, 6.45) is 1.42. The Labute approximate surface area is 136 Å². The van der Waals surface area contributed by atoms with Gasteiger partial charge in [-0.1, -0.05) is 54.6 Å². The molecule has 7 heteroatoms. The zero-order chi connectivity index (χ0) is 16.2. The molecule has 0 aliphatic carbocycles. The lowest BCUT2D eigenvalue weighted by Crippen LogP contribution is -2.23. The lowest BCUT2D eigenvalue weighted by molar-refractivity contribution is -0.255. The quantitative estimate of drug-likeness (QED) is 0.586. The lowest BCUT2D eigenvalue weighted by Gasteiger charge is -2.06. The number of aromatic nitrogens is 3. The van der Waals surface area contributed by atoms with E-state index in [1.165, 1.54) is 17.0 Å². The summed E-state index contributed by atoms with van der Waals surface area (Å²) < 4.78 is 1.75. The van der Waals surface area contributed by atoms with Gasteiger partial charge in [-0.2, -0.15) is 14.9 Å². The third-order valence-corrected chi connectivity index (χ3v) is 3.44. The van der Waals surface area contributed by atoms with E-state index in [0.29, 0.717) is 16.2 Å². The summed E-state index contributed by atoms with van der Waals surface area (Å²) in [6, 6.07) is 15.9. The first-order valence-electron chi connectivity index (χ1n) is 6.74. The molecular weight excluding hydrogens is 312 g/mol. The number of nitrogens with one attached hydrogen (secondary N) is 1. The van der Waals surface area contributed by atoms with E-state index in [9.17, 15) is 9.90 Å². The maximum atomic E-state index is 11.1. The van der Waals surface area contributed by atoms with Crippen LogP contribution in [0.25, 0.3) is 11.4 Å². The van der Waals surface area contributed by atoms with Crippen molar-refractivity contribution in [2.75, 3.05) is 0 Å². The summed E-state index contributed by atoms with van der Waals surface area (Å²) in [6.45, 7) is 0. The Kier molecular flexibility index (Phi) is 4.11. The van der Waals surface area contributed by atoms with Crippen LogP contribution in [0.2, 0.25) is 0 Å². The van der Waals surface area contributed by atoms with Crippen molar-refractivity contribution < 1.29 is 9.90 Å². The number of H-pyrrole nitrogens is 1. The molecule has 0 saturated heterocycles. The highest BCUT2D eigenvalue weighted by Gasteiger charge is 2.07. The van der Waals surface area contributed by atoms with Gasteiger partial charge in [0.2, 0.25) is 4.77 Å². The number of benzene rings is 2. The summed E-state index contributed by atoms with van der Waals surface area (Å²) in [5.41, 5.74) is 1.33. The minimum absolute atomic E-state index is 0.0625. The minimum Gasteiger partial charge on any atom is -0.545 e. The van der Waals surface area contributed by atoms with Gasteiger partial charge in [-0.05, 0) is 12.2 Å². The van der Waals surface area contributed by atoms with Gasteiger partial charge in [-0.15, -0.1) is 0 Å². The van der Waals surface area contributed by atoms with Crippen molar-refractivity contribution in [3.05, 3.63) is 70.5 Å². The molecule has 0 atom stereocenters. The number of aromatic carboxylic acids is 1. The van der Waals surface area contributed by atoms with Crippen molar-refractivity contribution in [1.29, 1.82) is 0 Å². The summed E-state index contributed by atoms with van der Waals surface area (Å²) in [5, 5.41) is 22.2. The average Bonchev–Trinajstić information content (AvgIpc) is 2.94. The van der Waals surface area contributed by atoms with E-state index in [0.717, 1.165) is 5.56 Å². The molecule has 6 nitrogen and oxygen atoms in total. The first-order valence-corrected chi connectivity index (χ1v) is 7.15. The molecule has 0 bridgehead atoms. The van der Waals surface area contributed by atoms with Gasteiger partial charge in [0.05, 0.1) is 12.2 Å². The molecule has 0 fully saturated rings. The van der Waals surface area contributed by atoms with E-state index in [1.54, 1.807) is 18.2 Å². The van der Waals surface area contributed by atoms with E-state index in [-0.39, 0.29) is 5.56 Å². The molecule has 3 rings (SSSR count). The van der Waals surface area contributed by atoms with Gasteiger partial charge in [-0.25, -0.2) is 5.10 Å². The van der Waals surface area contributed by atoms with Crippen LogP contribution >= 0.6 is 12.2 Å². The van der Waals surface area contributed by atoms with Gasteiger partial charge in [0, 0.05) is 16.7 Å². The first kappa shape index (κ1) is 14.9. The number of carboxylic acids is 1. The number of hydrogen-bond acceptors (Lipinski definition) is 5. The third-order valence-electron chi connectivity index (χ3n) is 3.18. The number of rotatable bonds is 4. The number of carbonyl (C=O) groups is 1. The summed E-state index contributed by atoms with van der Waals surface area (Å²) >= 11 is 5.18. The number of hydrogen-bond donors (Lipinski definition) is 1. The average molecular weight is 323 g/mol. The topological polar surface area (TPSA) is 86.1 Å². The number of carboxylic acid groups (broad SMARTS) is 1. The van der Waals surface area contributed by atoms with E-state index >= 15 is 0 Å². The normalized spacial score (nSPS) is 11.0. The molecular formula is C16H11N4O2S-. The molecule has 1 heterocycles. The van der Waals surface area contributed by atoms with E-state index in [4.69, 9.17) is 12.2 Å². The fraction of sp³-hybridized carbons (Fsp3) is 0. The predicted molar refractivity (Wildman–Crippen MR) is 86.6 cm³/mol. The number of carbonyl (C=O) groups excluding carboxylic acids is 1. The van der Waals surface area contributed by atoms with Crippen LogP contribution in [0.1, 0.15) is 15.9 Å². The van der Waals surface area contributed by atoms with Crippen LogP contribution in [0.15, 0.2) is 59.7 Å². The highest BCUT2D eigenvalue weighted by atomic mass is 32.1. The zero-order valence-corrected chi connectivity index (χ0v) is 12.7. The number of nitrogens with zero attached hydrogens (tertiary/aromatic N) is 3. The van der Waals surface area contributed by atoms with Gasteiger partial charge in [0.25, 0.3) is 0 Å². The fourth-order valence-corrected chi connectivity index (χ4v) is 2.27. The fourth-order valence-electron chi connectivity index (χ4n) is 2.09. The summed E-state index contributed by atoms with van der Waals surface area (Å²) in [7, 11) is 0. The van der Waals surface area contributed by atoms with Crippen molar-refractivity contribution in [3.63, 3.8) is 0 Å². The van der Waals surface area contributed by atoms with Crippen LogP contribution in [-0.4, -0.2) is 27.1 Å². The first-order chi connectivity index (χ1) is 11.2. The molecule has 0 aliphatic heterocycles. The monoisotopic (exact) mass is 323 g/mol. The molecule has 1 aromatic heterocycles. The Balaban J connectivity index is 2.04. The maximum absolute atomic E-state index is 11.1. The Morgan fingerprint density at radius 3 is 2.61 bits per heavy atom. The molecule has 114 valence electrons. The van der Waals surface area contributed by atoms with Gasteiger partial charge in [-0.3, -0.25) is 0 Å². The highest BCUT2D eigenvalue weighted by molar-refractivity contribution is 7.71. The van der Waals surface area contributed by atoms with E-state index in [2.05, 4.69) is 15.3 Å². The Morgan fingerprint density at radius 2 is 1.87 bits per heavy atom. The SMILES string of the molecule is O=C([O-])c1ccccc1C=Nn1c(-c2ccccc2)n[nH]c1=S. The van der Waals surface area contributed by atoms with Crippen molar-refractivity contribution in [2.45, 2.75) is 0 Å². The highest BCUT2D eigenvalue weighted by Crippen LogP contribution is 2.16. The van der Waals surface area contributed by atoms with E-state index in [1.807, 2.05) is 30.3 Å². The van der Waals surface area contributed by atoms with Gasteiger partial charge < -0.3 is 9.90 Å². The predicted octanol–water partition coefficient (Wildman–Crippen LogP) is 1.85. The molecule has 0 aliphatic rings. The third kappa shape index (κ3) is 3.09. The molecule has 23 heavy (non-hydrogen) atoms. The van der Waals surface area contributed by atoms with Crippen molar-refractivity contribution in [3.8, 4) is 11.4 Å². The summed E-state index contributed by atoms with van der Waals surface area (Å²) in [4.78, 5) is 11.1. The lowest BCUT2D eigenvalue weighted by atomic mass is 10.1. The Morgan fingerprint density at radius 1 is 1.17 bits per heavy atom. The largest absolute Gasteiger partial charge is 0.545 e. The van der Waals surface area contributed by atoms with Crippen molar-refractivity contribution in [2.24, 2.45) is 5.10 Å². The van der Waals surface area contributed by atoms with Crippen LogP contribution in [0.3, 0.4) is 0 Å².